The third-order valence-electron chi connectivity index (χ3n) is 4.19. The second-order valence-electron chi connectivity index (χ2n) is 6.55. The number of ether oxygens (including phenoxy) is 2. The maximum Gasteiger partial charge on any atom is 0.271 e. The number of hydrogen-bond acceptors (Lipinski definition) is 4. The summed E-state index contributed by atoms with van der Waals surface area (Å²) in [6, 6.07) is 5.04. The molecule has 0 saturated carbocycles. The van der Waals surface area contributed by atoms with Crippen molar-refractivity contribution in [3.63, 3.8) is 0 Å². The number of halogens is 1. The molecule has 6 nitrogen and oxygen atoms in total. The second-order valence-corrected chi connectivity index (χ2v) is 6.99. The molecule has 1 aromatic carbocycles. The number of nitrogens with one attached hydrogen (secondary N) is 1. The predicted molar refractivity (Wildman–Crippen MR) is 90.5 cm³/mol. The molecule has 1 aromatic rings. The van der Waals surface area contributed by atoms with E-state index in [0.717, 1.165) is 19.4 Å². The molecule has 0 aliphatic carbocycles. The van der Waals surface area contributed by atoms with Gasteiger partial charge in [-0.05, 0) is 44.9 Å². The van der Waals surface area contributed by atoms with E-state index in [-0.39, 0.29) is 24.5 Å². The van der Waals surface area contributed by atoms with E-state index >= 15 is 0 Å². The number of hydrogen-bond donors (Lipinski definition) is 1. The van der Waals surface area contributed by atoms with E-state index in [1.54, 1.807) is 32.0 Å². The van der Waals surface area contributed by atoms with Gasteiger partial charge in [0.25, 0.3) is 5.91 Å². The van der Waals surface area contributed by atoms with Crippen LogP contribution in [0.5, 0.6) is 5.75 Å². The van der Waals surface area contributed by atoms with E-state index in [1.807, 2.05) is 0 Å². The summed E-state index contributed by atoms with van der Waals surface area (Å²) in [5.41, 5.74) is -0.519. The van der Waals surface area contributed by atoms with Crippen LogP contribution in [-0.4, -0.2) is 43.2 Å². The lowest BCUT2D eigenvalue weighted by Crippen LogP contribution is -2.55. The van der Waals surface area contributed by atoms with Crippen LogP contribution < -0.4 is 15.0 Å². The first kappa shape index (κ1) is 17.0. The van der Waals surface area contributed by atoms with Crippen LogP contribution in [-0.2, 0) is 14.3 Å². The number of rotatable bonds is 4. The lowest BCUT2D eigenvalue weighted by molar-refractivity contribution is -0.134. The molecule has 1 unspecified atom stereocenters. The first-order valence-corrected chi connectivity index (χ1v) is 8.43. The maximum absolute atomic E-state index is 12.7. The minimum absolute atomic E-state index is 0.0625. The molecule has 2 aliphatic heterocycles. The Labute approximate surface area is 146 Å². The fourth-order valence-electron chi connectivity index (χ4n) is 2.93. The van der Waals surface area contributed by atoms with E-state index in [4.69, 9.17) is 21.1 Å². The number of amides is 2. The van der Waals surface area contributed by atoms with Gasteiger partial charge in [-0.25, -0.2) is 0 Å². The van der Waals surface area contributed by atoms with E-state index in [0.29, 0.717) is 23.0 Å². The number of benzene rings is 1. The number of carbonyl (C=O) groups excluding carboxylic acids is 2. The zero-order valence-electron chi connectivity index (χ0n) is 13.8. The molecule has 7 heteroatoms. The first-order chi connectivity index (χ1) is 11.4. The molecule has 0 radical (unpaired) electrons. The zero-order chi connectivity index (χ0) is 17.3. The lowest BCUT2D eigenvalue weighted by Gasteiger charge is -2.38. The minimum Gasteiger partial charge on any atom is -0.476 e. The van der Waals surface area contributed by atoms with E-state index in [2.05, 4.69) is 5.32 Å². The van der Waals surface area contributed by atoms with Gasteiger partial charge >= 0.3 is 0 Å². The SMILES string of the molecule is CC1(C)Oc2ccc(Cl)cc2N(CC(=O)NCC2CCCO2)C1=O. The quantitative estimate of drug-likeness (QED) is 0.901. The Balaban J connectivity index is 1.74. The number of carbonyl (C=O) groups is 2. The highest BCUT2D eigenvalue weighted by Crippen LogP contribution is 2.39. The molecule has 130 valence electrons. The summed E-state index contributed by atoms with van der Waals surface area (Å²) >= 11 is 6.03. The standard InChI is InChI=1S/C17H21ClN2O4/c1-17(2)16(22)20(13-8-11(18)5-6-14(13)24-17)10-15(21)19-9-12-4-3-7-23-12/h5-6,8,12H,3-4,7,9-10H2,1-2H3,(H,19,21). The first-order valence-electron chi connectivity index (χ1n) is 8.05. The summed E-state index contributed by atoms with van der Waals surface area (Å²) in [5, 5.41) is 3.31. The Morgan fingerprint density at radius 2 is 2.25 bits per heavy atom. The van der Waals surface area contributed by atoms with Gasteiger partial charge < -0.3 is 14.8 Å². The lowest BCUT2D eigenvalue weighted by atomic mass is 10.0. The smallest absolute Gasteiger partial charge is 0.271 e. The van der Waals surface area contributed by atoms with Gasteiger partial charge in [0.05, 0.1) is 11.8 Å². The van der Waals surface area contributed by atoms with Gasteiger partial charge in [-0.15, -0.1) is 0 Å². The molecule has 1 atom stereocenters. The fraction of sp³-hybridized carbons (Fsp3) is 0.529. The summed E-state index contributed by atoms with van der Waals surface area (Å²) in [4.78, 5) is 26.4. The molecule has 2 aliphatic rings. The number of anilines is 1. The van der Waals surface area contributed by atoms with Crippen molar-refractivity contribution in [3.8, 4) is 5.75 Å². The molecular formula is C17H21ClN2O4. The fourth-order valence-corrected chi connectivity index (χ4v) is 3.10. The molecule has 3 rings (SSSR count). The van der Waals surface area contributed by atoms with Crippen LogP contribution in [0, 0.1) is 0 Å². The largest absolute Gasteiger partial charge is 0.476 e. The van der Waals surface area contributed by atoms with Crippen molar-refractivity contribution >= 4 is 29.1 Å². The third kappa shape index (κ3) is 3.49. The van der Waals surface area contributed by atoms with Gasteiger partial charge in [0.1, 0.15) is 12.3 Å². The summed E-state index contributed by atoms with van der Waals surface area (Å²) in [7, 11) is 0. The van der Waals surface area contributed by atoms with Crippen molar-refractivity contribution in [2.75, 3.05) is 24.6 Å². The Morgan fingerprint density at radius 1 is 1.46 bits per heavy atom. The van der Waals surface area contributed by atoms with E-state index in [1.165, 1.54) is 4.90 Å². The molecule has 1 saturated heterocycles. The van der Waals surface area contributed by atoms with Gasteiger partial charge in [0.15, 0.2) is 5.60 Å². The topological polar surface area (TPSA) is 67.9 Å². The van der Waals surface area contributed by atoms with Crippen molar-refractivity contribution in [1.29, 1.82) is 0 Å². The van der Waals surface area contributed by atoms with E-state index < -0.39 is 5.60 Å². The van der Waals surface area contributed by atoms with Crippen LogP contribution in [0.25, 0.3) is 0 Å². The maximum atomic E-state index is 12.7. The van der Waals surface area contributed by atoms with Gasteiger partial charge in [0, 0.05) is 18.2 Å². The van der Waals surface area contributed by atoms with Gasteiger partial charge in [-0.2, -0.15) is 0 Å². The normalized spacial score (nSPS) is 22.0. The van der Waals surface area contributed by atoms with Crippen LogP contribution in [0.1, 0.15) is 26.7 Å². The van der Waals surface area contributed by atoms with Gasteiger partial charge in [-0.3, -0.25) is 14.5 Å². The third-order valence-corrected chi connectivity index (χ3v) is 4.42. The number of fused-ring (bicyclic) bond motifs is 1. The molecule has 0 bridgehead atoms. The highest BCUT2D eigenvalue weighted by atomic mass is 35.5. The van der Waals surface area contributed by atoms with Crippen LogP contribution >= 0.6 is 11.6 Å². The zero-order valence-corrected chi connectivity index (χ0v) is 14.6. The number of nitrogens with zero attached hydrogens (tertiary/aromatic N) is 1. The van der Waals surface area contributed by atoms with Crippen molar-refractivity contribution in [2.45, 2.75) is 38.4 Å². The Morgan fingerprint density at radius 3 is 2.96 bits per heavy atom. The van der Waals surface area contributed by atoms with Crippen molar-refractivity contribution < 1.29 is 19.1 Å². The summed E-state index contributed by atoms with van der Waals surface area (Å²) < 4.78 is 11.2. The summed E-state index contributed by atoms with van der Waals surface area (Å²) in [6.45, 7) is 4.49. The Kier molecular flexibility index (Phi) is 4.69. The molecule has 2 amide bonds. The van der Waals surface area contributed by atoms with Crippen LogP contribution in [0.2, 0.25) is 5.02 Å². The second kappa shape index (κ2) is 6.61. The molecule has 1 N–H and O–H groups in total. The average Bonchev–Trinajstić information content (AvgIpc) is 3.04. The molecular weight excluding hydrogens is 332 g/mol. The molecule has 0 aromatic heterocycles. The minimum atomic E-state index is -1.03. The molecule has 1 fully saturated rings. The van der Waals surface area contributed by atoms with Crippen LogP contribution in [0.3, 0.4) is 0 Å². The monoisotopic (exact) mass is 352 g/mol. The Hall–Kier alpha value is -1.79. The highest BCUT2D eigenvalue weighted by Gasteiger charge is 2.41. The van der Waals surface area contributed by atoms with Gasteiger partial charge in [0.2, 0.25) is 5.91 Å². The molecule has 24 heavy (non-hydrogen) atoms. The van der Waals surface area contributed by atoms with Crippen molar-refractivity contribution in [1.82, 2.24) is 5.32 Å². The molecule has 2 heterocycles. The molecule has 0 spiro atoms. The highest BCUT2D eigenvalue weighted by molar-refractivity contribution is 6.31. The van der Waals surface area contributed by atoms with E-state index in [9.17, 15) is 9.59 Å². The van der Waals surface area contributed by atoms with Crippen LogP contribution in [0.15, 0.2) is 18.2 Å². The van der Waals surface area contributed by atoms with Crippen molar-refractivity contribution in [2.24, 2.45) is 0 Å². The van der Waals surface area contributed by atoms with Crippen LogP contribution in [0.4, 0.5) is 5.69 Å². The van der Waals surface area contributed by atoms with Crippen molar-refractivity contribution in [3.05, 3.63) is 23.2 Å². The predicted octanol–water partition coefficient (Wildman–Crippen LogP) is 2.14. The average molecular weight is 353 g/mol. The van der Waals surface area contributed by atoms with Gasteiger partial charge in [-0.1, -0.05) is 11.6 Å². The summed E-state index contributed by atoms with van der Waals surface area (Å²) in [6.07, 6.45) is 2.03. The summed E-state index contributed by atoms with van der Waals surface area (Å²) in [5.74, 6) is 0.0305. The Bertz CT molecular complexity index is 656.